The highest BCUT2D eigenvalue weighted by Gasteiger charge is 2.19. The fourth-order valence-corrected chi connectivity index (χ4v) is 1.61. The fraction of sp³-hybridized carbons (Fsp3) is 1.00. The molecule has 0 aromatic heterocycles. The Balaban J connectivity index is 3.45. The fourth-order valence-electron chi connectivity index (χ4n) is 1.61. The molecule has 0 radical (unpaired) electrons. The summed E-state index contributed by atoms with van der Waals surface area (Å²) in [5.74, 6) is 0. The molecule has 0 unspecified atom stereocenters. The number of unbranched alkanes of at least 4 members (excludes halogenated alkanes) is 2. The number of rotatable bonds is 9. The van der Waals surface area contributed by atoms with Crippen LogP contribution in [0.15, 0.2) is 0 Å². The zero-order valence-electron chi connectivity index (χ0n) is 12.3. The molecule has 0 aliphatic carbocycles. The highest BCUT2D eigenvalue weighted by Crippen LogP contribution is 2.16. The molecular formula is C14H32N2. The Morgan fingerprint density at radius 1 is 1.12 bits per heavy atom. The van der Waals surface area contributed by atoms with Crippen molar-refractivity contribution < 1.29 is 0 Å². The molecular weight excluding hydrogens is 196 g/mol. The van der Waals surface area contributed by atoms with Gasteiger partial charge in [0.05, 0.1) is 0 Å². The van der Waals surface area contributed by atoms with E-state index in [9.17, 15) is 0 Å². The predicted molar refractivity (Wildman–Crippen MR) is 74.0 cm³/mol. The lowest BCUT2D eigenvalue weighted by molar-refractivity contribution is 0.148. The van der Waals surface area contributed by atoms with Crippen LogP contribution in [0.1, 0.15) is 60.3 Å². The van der Waals surface area contributed by atoms with E-state index < -0.39 is 0 Å². The summed E-state index contributed by atoms with van der Waals surface area (Å²) in [7, 11) is 2.25. The highest BCUT2D eigenvalue weighted by molar-refractivity contribution is 4.76. The van der Waals surface area contributed by atoms with Crippen molar-refractivity contribution in [2.45, 2.75) is 71.9 Å². The maximum Gasteiger partial charge on any atom is 0.0147 e. The monoisotopic (exact) mass is 228 g/mol. The molecule has 0 fully saturated rings. The van der Waals surface area contributed by atoms with E-state index in [4.69, 9.17) is 0 Å². The van der Waals surface area contributed by atoms with Gasteiger partial charge in [0.25, 0.3) is 0 Å². The van der Waals surface area contributed by atoms with Crippen molar-refractivity contribution in [3.05, 3.63) is 0 Å². The molecule has 0 atom stereocenters. The molecule has 0 amide bonds. The van der Waals surface area contributed by atoms with Crippen molar-refractivity contribution in [2.24, 2.45) is 0 Å². The second-order valence-corrected chi connectivity index (χ2v) is 5.76. The van der Waals surface area contributed by atoms with Crippen molar-refractivity contribution >= 4 is 0 Å². The molecule has 16 heavy (non-hydrogen) atoms. The number of hydrogen-bond donors (Lipinski definition) is 1. The first kappa shape index (κ1) is 15.9. The van der Waals surface area contributed by atoms with Crippen molar-refractivity contribution in [2.75, 3.05) is 20.1 Å². The Morgan fingerprint density at radius 2 is 1.75 bits per heavy atom. The average molecular weight is 228 g/mol. The summed E-state index contributed by atoms with van der Waals surface area (Å²) in [5, 5.41) is 3.46. The molecule has 0 aliphatic heterocycles. The van der Waals surface area contributed by atoms with Gasteiger partial charge in [0, 0.05) is 11.6 Å². The van der Waals surface area contributed by atoms with Crippen LogP contribution in [0.25, 0.3) is 0 Å². The van der Waals surface area contributed by atoms with Gasteiger partial charge in [0.2, 0.25) is 0 Å². The molecule has 98 valence electrons. The van der Waals surface area contributed by atoms with Gasteiger partial charge in [0.15, 0.2) is 0 Å². The van der Waals surface area contributed by atoms with Gasteiger partial charge in [-0.2, -0.15) is 0 Å². The summed E-state index contributed by atoms with van der Waals surface area (Å²) >= 11 is 0. The van der Waals surface area contributed by atoms with Crippen molar-refractivity contribution in [1.82, 2.24) is 10.2 Å². The molecule has 0 heterocycles. The van der Waals surface area contributed by atoms with Gasteiger partial charge in [-0.1, -0.05) is 27.2 Å². The molecule has 2 heteroatoms. The summed E-state index contributed by atoms with van der Waals surface area (Å²) in [6.45, 7) is 13.7. The van der Waals surface area contributed by atoms with Gasteiger partial charge in [-0.3, -0.25) is 0 Å². The van der Waals surface area contributed by atoms with Gasteiger partial charge in [0.1, 0.15) is 0 Å². The van der Waals surface area contributed by atoms with Crippen LogP contribution in [0.3, 0.4) is 0 Å². The van der Waals surface area contributed by atoms with E-state index in [1.54, 1.807) is 0 Å². The van der Waals surface area contributed by atoms with Crippen molar-refractivity contribution in [1.29, 1.82) is 0 Å². The molecule has 2 nitrogen and oxygen atoms in total. The molecule has 0 aromatic carbocycles. The minimum atomic E-state index is 0.357. The summed E-state index contributed by atoms with van der Waals surface area (Å²) < 4.78 is 0. The third kappa shape index (κ3) is 7.24. The standard InChI is InChI=1S/C14H32N2/c1-7-14(4,5)16(6)12-10-8-9-11-15-13(2)3/h13,15H,7-12H2,1-6H3. The average Bonchev–Trinajstić information content (AvgIpc) is 2.22. The Morgan fingerprint density at radius 3 is 2.25 bits per heavy atom. The van der Waals surface area contributed by atoms with Crippen LogP contribution in [0.5, 0.6) is 0 Å². The lowest BCUT2D eigenvalue weighted by Gasteiger charge is -2.34. The van der Waals surface area contributed by atoms with E-state index in [2.05, 4.69) is 51.9 Å². The Labute approximate surface area is 103 Å². The van der Waals surface area contributed by atoms with Crippen LogP contribution < -0.4 is 5.32 Å². The largest absolute Gasteiger partial charge is 0.315 e. The SMILES string of the molecule is CCC(C)(C)N(C)CCCCCNC(C)C. The van der Waals surface area contributed by atoms with Gasteiger partial charge < -0.3 is 10.2 Å². The van der Waals surface area contributed by atoms with Crippen LogP contribution >= 0.6 is 0 Å². The van der Waals surface area contributed by atoms with E-state index in [-0.39, 0.29) is 0 Å². The van der Waals surface area contributed by atoms with Crippen molar-refractivity contribution in [3.8, 4) is 0 Å². The van der Waals surface area contributed by atoms with E-state index in [0.29, 0.717) is 11.6 Å². The van der Waals surface area contributed by atoms with Crippen LogP contribution in [0.4, 0.5) is 0 Å². The normalized spacial score (nSPS) is 12.8. The number of hydrogen-bond acceptors (Lipinski definition) is 2. The van der Waals surface area contributed by atoms with Crippen LogP contribution in [-0.4, -0.2) is 36.6 Å². The molecule has 0 bridgehead atoms. The first-order valence-electron chi connectivity index (χ1n) is 6.84. The van der Waals surface area contributed by atoms with Gasteiger partial charge in [-0.05, 0) is 53.2 Å². The molecule has 1 N–H and O–H groups in total. The maximum absolute atomic E-state index is 3.46. The van der Waals surface area contributed by atoms with E-state index in [1.165, 1.54) is 38.8 Å². The Bertz CT molecular complexity index is 164. The minimum absolute atomic E-state index is 0.357. The summed E-state index contributed by atoms with van der Waals surface area (Å²) in [5.41, 5.74) is 0.357. The zero-order chi connectivity index (χ0) is 12.6. The third-order valence-corrected chi connectivity index (χ3v) is 3.62. The lowest BCUT2D eigenvalue weighted by Crippen LogP contribution is -2.40. The van der Waals surface area contributed by atoms with Crippen molar-refractivity contribution in [3.63, 3.8) is 0 Å². The topological polar surface area (TPSA) is 15.3 Å². The predicted octanol–water partition coefficient (Wildman–Crippen LogP) is 3.28. The number of nitrogens with zero attached hydrogens (tertiary/aromatic N) is 1. The van der Waals surface area contributed by atoms with E-state index in [0.717, 1.165) is 0 Å². The first-order chi connectivity index (χ1) is 7.40. The second kappa shape index (κ2) is 8.08. The third-order valence-electron chi connectivity index (χ3n) is 3.62. The smallest absolute Gasteiger partial charge is 0.0147 e. The van der Waals surface area contributed by atoms with Crippen LogP contribution in [0.2, 0.25) is 0 Å². The van der Waals surface area contributed by atoms with E-state index >= 15 is 0 Å². The molecule has 0 aliphatic rings. The number of nitrogens with one attached hydrogen (secondary N) is 1. The van der Waals surface area contributed by atoms with Gasteiger partial charge >= 0.3 is 0 Å². The minimum Gasteiger partial charge on any atom is -0.315 e. The zero-order valence-corrected chi connectivity index (χ0v) is 12.3. The summed E-state index contributed by atoms with van der Waals surface area (Å²) in [6.07, 6.45) is 5.18. The first-order valence-corrected chi connectivity index (χ1v) is 6.84. The molecule has 0 rings (SSSR count). The van der Waals surface area contributed by atoms with Crippen LogP contribution in [0, 0.1) is 0 Å². The molecule has 0 aromatic rings. The molecule has 0 saturated carbocycles. The van der Waals surface area contributed by atoms with E-state index in [1.807, 2.05) is 0 Å². The molecule has 0 spiro atoms. The van der Waals surface area contributed by atoms with Crippen LogP contribution in [-0.2, 0) is 0 Å². The highest BCUT2D eigenvalue weighted by atomic mass is 15.2. The Hall–Kier alpha value is -0.0800. The summed E-state index contributed by atoms with van der Waals surface area (Å²) in [4.78, 5) is 2.49. The Kier molecular flexibility index (Phi) is 8.04. The van der Waals surface area contributed by atoms with Gasteiger partial charge in [-0.25, -0.2) is 0 Å². The molecule has 0 saturated heterocycles. The quantitative estimate of drug-likeness (QED) is 0.609. The lowest BCUT2D eigenvalue weighted by atomic mass is 9.99. The van der Waals surface area contributed by atoms with Gasteiger partial charge in [-0.15, -0.1) is 0 Å². The second-order valence-electron chi connectivity index (χ2n) is 5.76. The maximum atomic E-state index is 3.46. The summed E-state index contributed by atoms with van der Waals surface area (Å²) in [6, 6.07) is 0.627.